The topological polar surface area (TPSA) is 38.0 Å². The summed E-state index contributed by atoms with van der Waals surface area (Å²) in [4.78, 5) is 0. The van der Waals surface area contributed by atoms with Gasteiger partial charge in [0.05, 0.1) is 0 Å². The molecule has 0 saturated carbocycles. The highest BCUT2D eigenvalue weighted by atomic mass is 14.8. The molecule has 0 radical (unpaired) electrons. The molecule has 76 valence electrons. The van der Waals surface area contributed by atoms with Crippen LogP contribution in [-0.2, 0) is 6.42 Å². The van der Waals surface area contributed by atoms with E-state index in [-0.39, 0.29) is 0 Å². The summed E-state index contributed by atoms with van der Waals surface area (Å²) in [6.45, 7) is 0.803. The molecule has 1 unspecified atom stereocenters. The number of hydrogen-bond donors (Lipinski definition) is 2. The molecule has 0 heterocycles. The van der Waals surface area contributed by atoms with Gasteiger partial charge in [-0.1, -0.05) is 6.07 Å². The summed E-state index contributed by atoms with van der Waals surface area (Å²) in [5.74, 6) is 0.709. The Hall–Kier alpha value is -1.02. The van der Waals surface area contributed by atoms with Crippen molar-refractivity contribution in [3.8, 4) is 0 Å². The van der Waals surface area contributed by atoms with Crippen LogP contribution in [0.25, 0.3) is 0 Å². The van der Waals surface area contributed by atoms with Crippen LogP contribution in [-0.4, -0.2) is 13.6 Å². The van der Waals surface area contributed by atoms with Gasteiger partial charge in [0.2, 0.25) is 0 Å². The van der Waals surface area contributed by atoms with E-state index in [2.05, 4.69) is 23.5 Å². The van der Waals surface area contributed by atoms with Crippen molar-refractivity contribution in [2.45, 2.75) is 25.2 Å². The third-order valence-corrected chi connectivity index (χ3v) is 3.15. The maximum atomic E-state index is 5.61. The molecular weight excluding hydrogens is 172 g/mol. The zero-order chi connectivity index (χ0) is 9.97. The highest BCUT2D eigenvalue weighted by Crippen LogP contribution is 2.36. The Kier molecular flexibility index (Phi) is 2.73. The van der Waals surface area contributed by atoms with Crippen LogP contribution in [0.1, 0.15) is 29.9 Å². The van der Waals surface area contributed by atoms with Crippen molar-refractivity contribution in [3.63, 3.8) is 0 Å². The minimum atomic E-state index is 0.709. The SMILES string of the molecule is CNc1ccc2c(c1)CCC2CCN. The normalized spacial score (nSPS) is 19.4. The fourth-order valence-electron chi connectivity index (χ4n) is 2.36. The number of fused-ring (bicyclic) bond motifs is 1. The predicted molar refractivity (Wildman–Crippen MR) is 60.7 cm³/mol. The lowest BCUT2D eigenvalue weighted by Crippen LogP contribution is -2.04. The van der Waals surface area contributed by atoms with Crippen molar-refractivity contribution in [2.24, 2.45) is 5.73 Å². The van der Waals surface area contributed by atoms with Crippen molar-refractivity contribution in [1.82, 2.24) is 0 Å². The molecule has 14 heavy (non-hydrogen) atoms. The standard InChI is InChI=1S/C12H18N2/c1-14-11-4-5-12-9(6-7-13)2-3-10(12)8-11/h4-5,8-9,14H,2-3,6-7,13H2,1H3. The van der Waals surface area contributed by atoms with Crippen LogP contribution in [0, 0.1) is 0 Å². The van der Waals surface area contributed by atoms with E-state index in [0.29, 0.717) is 5.92 Å². The molecule has 0 amide bonds. The second kappa shape index (κ2) is 4.01. The molecule has 2 rings (SSSR count). The number of nitrogens with two attached hydrogens (primary N) is 1. The Balaban J connectivity index is 2.24. The van der Waals surface area contributed by atoms with Gasteiger partial charge < -0.3 is 11.1 Å². The molecule has 0 aromatic heterocycles. The number of benzene rings is 1. The van der Waals surface area contributed by atoms with E-state index in [9.17, 15) is 0 Å². The van der Waals surface area contributed by atoms with E-state index in [1.165, 1.54) is 29.7 Å². The van der Waals surface area contributed by atoms with Crippen LogP contribution in [0.3, 0.4) is 0 Å². The average Bonchev–Trinajstić information content (AvgIpc) is 2.61. The highest BCUT2D eigenvalue weighted by Gasteiger charge is 2.21. The monoisotopic (exact) mass is 190 g/mol. The molecule has 1 aromatic rings. The van der Waals surface area contributed by atoms with Crippen LogP contribution in [0.5, 0.6) is 0 Å². The summed E-state index contributed by atoms with van der Waals surface area (Å²) in [7, 11) is 1.97. The van der Waals surface area contributed by atoms with Crippen molar-refractivity contribution in [2.75, 3.05) is 18.9 Å². The summed E-state index contributed by atoms with van der Waals surface area (Å²) in [5, 5.41) is 3.18. The van der Waals surface area contributed by atoms with Crippen molar-refractivity contribution in [1.29, 1.82) is 0 Å². The third kappa shape index (κ3) is 1.62. The quantitative estimate of drug-likeness (QED) is 0.766. The molecule has 1 aliphatic rings. The van der Waals surface area contributed by atoms with Gasteiger partial charge in [0.25, 0.3) is 0 Å². The van der Waals surface area contributed by atoms with Crippen molar-refractivity contribution < 1.29 is 0 Å². The minimum absolute atomic E-state index is 0.709. The first-order valence-corrected chi connectivity index (χ1v) is 5.36. The summed E-state index contributed by atoms with van der Waals surface area (Å²) in [6, 6.07) is 6.69. The first-order chi connectivity index (χ1) is 6.85. The van der Waals surface area contributed by atoms with Gasteiger partial charge in [0.1, 0.15) is 0 Å². The summed E-state index contributed by atoms with van der Waals surface area (Å²) in [6.07, 6.45) is 3.63. The molecule has 0 aliphatic heterocycles. The average molecular weight is 190 g/mol. The molecule has 1 aromatic carbocycles. The molecule has 3 N–H and O–H groups in total. The van der Waals surface area contributed by atoms with Crippen LogP contribution < -0.4 is 11.1 Å². The highest BCUT2D eigenvalue weighted by molar-refractivity contribution is 5.50. The van der Waals surface area contributed by atoms with Gasteiger partial charge in [-0.25, -0.2) is 0 Å². The molecule has 0 saturated heterocycles. The summed E-state index contributed by atoms with van der Waals surface area (Å²) >= 11 is 0. The van der Waals surface area contributed by atoms with Crippen molar-refractivity contribution >= 4 is 5.69 Å². The molecule has 0 fully saturated rings. The number of nitrogens with one attached hydrogen (secondary N) is 1. The predicted octanol–water partition coefficient (Wildman–Crippen LogP) is 2.11. The van der Waals surface area contributed by atoms with E-state index in [4.69, 9.17) is 5.73 Å². The number of rotatable bonds is 3. The van der Waals surface area contributed by atoms with Crippen LogP contribution in [0.2, 0.25) is 0 Å². The van der Waals surface area contributed by atoms with Gasteiger partial charge in [-0.3, -0.25) is 0 Å². The fraction of sp³-hybridized carbons (Fsp3) is 0.500. The Morgan fingerprint density at radius 3 is 3.07 bits per heavy atom. The molecule has 2 heteroatoms. The van der Waals surface area contributed by atoms with E-state index in [1.807, 2.05) is 7.05 Å². The summed E-state index contributed by atoms with van der Waals surface area (Å²) in [5.41, 5.74) is 9.86. The number of aryl methyl sites for hydroxylation is 1. The van der Waals surface area contributed by atoms with Gasteiger partial charge in [-0.2, -0.15) is 0 Å². The van der Waals surface area contributed by atoms with E-state index < -0.39 is 0 Å². The van der Waals surface area contributed by atoms with Crippen molar-refractivity contribution in [3.05, 3.63) is 29.3 Å². The Bertz CT molecular complexity index is 320. The molecule has 0 spiro atoms. The maximum absolute atomic E-state index is 5.61. The van der Waals surface area contributed by atoms with Crippen LogP contribution in [0.15, 0.2) is 18.2 Å². The van der Waals surface area contributed by atoms with E-state index in [1.54, 1.807) is 0 Å². The molecule has 2 nitrogen and oxygen atoms in total. The Labute approximate surface area is 85.5 Å². The molecule has 1 atom stereocenters. The Morgan fingerprint density at radius 1 is 1.50 bits per heavy atom. The first-order valence-electron chi connectivity index (χ1n) is 5.36. The zero-order valence-corrected chi connectivity index (χ0v) is 8.72. The third-order valence-electron chi connectivity index (χ3n) is 3.15. The second-order valence-corrected chi connectivity index (χ2v) is 3.98. The molecule has 1 aliphatic carbocycles. The van der Waals surface area contributed by atoms with Gasteiger partial charge >= 0.3 is 0 Å². The summed E-state index contributed by atoms with van der Waals surface area (Å²) < 4.78 is 0. The van der Waals surface area contributed by atoms with Gasteiger partial charge in [-0.05, 0) is 55.0 Å². The number of hydrogen-bond acceptors (Lipinski definition) is 2. The van der Waals surface area contributed by atoms with E-state index in [0.717, 1.165) is 13.0 Å². The van der Waals surface area contributed by atoms with Crippen LogP contribution in [0.4, 0.5) is 5.69 Å². The van der Waals surface area contributed by atoms with Gasteiger partial charge in [0.15, 0.2) is 0 Å². The lowest BCUT2D eigenvalue weighted by molar-refractivity contribution is 0.627. The van der Waals surface area contributed by atoms with Gasteiger partial charge in [-0.15, -0.1) is 0 Å². The Morgan fingerprint density at radius 2 is 2.36 bits per heavy atom. The zero-order valence-electron chi connectivity index (χ0n) is 8.72. The molecule has 0 bridgehead atoms. The lowest BCUT2D eigenvalue weighted by atomic mass is 9.98. The largest absolute Gasteiger partial charge is 0.388 e. The lowest BCUT2D eigenvalue weighted by Gasteiger charge is -2.10. The fourth-order valence-corrected chi connectivity index (χ4v) is 2.36. The minimum Gasteiger partial charge on any atom is -0.388 e. The smallest absolute Gasteiger partial charge is 0.0340 e. The molecular formula is C12H18N2. The van der Waals surface area contributed by atoms with E-state index >= 15 is 0 Å². The maximum Gasteiger partial charge on any atom is 0.0340 e. The second-order valence-electron chi connectivity index (χ2n) is 3.98. The first kappa shape index (κ1) is 9.53. The van der Waals surface area contributed by atoms with Crippen LogP contribution >= 0.6 is 0 Å². The number of anilines is 1. The van der Waals surface area contributed by atoms with Gasteiger partial charge in [0, 0.05) is 12.7 Å².